The van der Waals surface area contributed by atoms with Gasteiger partial charge in [0.25, 0.3) is 5.91 Å². The van der Waals surface area contributed by atoms with Crippen molar-refractivity contribution in [3.8, 4) is 0 Å². The van der Waals surface area contributed by atoms with Crippen LogP contribution in [0.1, 0.15) is 12.8 Å². The van der Waals surface area contributed by atoms with E-state index in [1.165, 1.54) is 7.11 Å². The molecule has 1 atom stereocenters. The summed E-state index contributed by atoms with van der Waals surface area (Å²) in [5, 5.41) is 6.12. The van der Waals surface area contributed by atoms with E-state index < -0.39 is 0 Å². The number of nitrogens with one attached hydrogen (secondary N) is 1. The quantitative estimate of drug-likeness (QED) is 0.495. The van der Waals surface area contributed by atoms with Gasteiger partial charge in [-0.2, -0.15) is 0 Å². The van der Waals surface area contributed by atoms with Crippen molar-refractivity contribution in [1.29, 1.82) is 0 Å². The number of rotatable bonds is 3. The summed E-state index contributed by atoms with van der Waals surface area (Å²) in [4.78, 5) is 15.5. The summed E-state index contributed by atoms with van der Waals surface area (Å²) in [5.74, 6) is -0.239. The Kier molecular flexibility index (Phi) is 4.25. The molecular formula is C8H14N2O3. The van der Waals surface area contributed by atoms with Crippen LogP contribution in [0.25, 0.3) is 0 Å². The highest BCUT2D eigenvalue weighted by molar-refractivity contribution is 6.26. The number of hydrogen-bond acceptors (Lipinski definition) is 4. The lowest BCUT2D eigenvalue weighted by atomic mass is 10.1. The van der Waals surface area contributed by atoms with Gasteiger partial charge in [0.05, 0.1) is 12.6 Å². The molecule has 1 heterocycles. The van der Waals surface area contributed by atoms with Gasteiger partial charge in [-0.05, 0) is 12.8 Å². The second-order valence-corrected chi connectivity index (χ2v) is 2.84. The minimum absolute atomic E-state index is 0.115. The monoisotopic (exact) mass is 186 g/mol. The Bertz CT molecular complexity index is 188. The third-order valence-corrected chi connectivity index (χ3v) is 1.78. The van der Waals surface area contributed by atoms with Crippen LogP contribution < -0.4 is 5.32 Å². The maximum absolute atomic E-state index is 11.1. The molecule has 1 aliphatic heterocycles. The average Bonchev–Trinajstić information content (AvgIpc) is 2.16. The number of amides is 1. The van der Waals surface area contributed by atoms with E-state index in [0.717, 1.165) is 25.7 Å². The van der Waals surface area contributed by atoms with Crippen LogP contribution in [0.3, 0.4) is 0 Å². The van der Waals surface area contributed by atoms with Gasteiger partial charge in [-0.15, -0.1) is 0 Å². The molecule has 1 N–H and O–H groups in total. The molecule has 1 fully saturated rings. The maximum atomic E-state index is 11.1. The fourth-order valence-corrected chi connectivity index (χ4v) is 1.19. The summed E-state index contributed by atoms with van der Waals surface area (Å²) in [6.45, 7) is 1.38. The summed E-state index contributed by atoms with van der Waals surface area (Å²) in [7, 11) is 1.40. The number of carbonyl (C=O) groups excluding carboxylic acids is 1. The Labute approximate surface area is 77.1 Å². The van der Waals surface area contributed by atoms with E-state index in [4.69, 9.17) is 4.74 Å². The second kappa shape index (κ2) is 5.53. The predicted octanol–water partition coefficient (Wildman–Crippen LogP) is -0.0862. The Balaban J connectivity index is 2.22. The first kappa shape index (κ1) is 9.98. The van der Waals surface area contributed by atoms with Crippen LogP contribution in [-0.4, -0.2) is 38.5 Å². The van der Waals surface area contributed by atoms with Gasteiger partial charge in [0.1, 0.15) is 13.3 Å². The van der Waals surface area contributed by atoms with Crippen molar-refractivity contribution in [2.75, 3.05) is 20.3 Å². The lowest BCUT2D eigenvalue weighted by Crippen LogP contribution is -2.41. The van der Waals surface area contributed by atoms with Crippen molar-refractivity contribution in [2.24, 2.45) is 5.16 Å². The van der Waals surface area contributed by atoms with Gasteiger partial charge in [0, 0.05) is 6.61 Å². The largest absolute Gasteiger partial charge is 0.399 e. The first-order valence-electron chi connectivity index (χ1n) is 4.27. The lowest BCUT2D eigenvalue weighted by Gasteiger charge is -2.22. The second-order valence-electron chi connectivity index (χ2n) is 2.84. The summed E-state index contributed by atoms with van der Waals surface area (Å²) in [6.07, 6.45) is 3.08. The molecule has 74 valence electrons. The van der Waals surface area contributed by atoms with Gasteiger partial charge < -0.3 is 14.9 Å². The molecule has 1 aliphatic rings. The van der Waals surface area contributed by atoms with Gasteiger partial charge in [0.2, 0.25) is 0 Å². The van der Waals surface area contributed by atoms with E-state index >= 15 is 0 Å². The van der Waals surface area contributed by atoms with Crippen LogP contribution in [0.4, 0.5) is 0 Å². The molecule has 0 aromatic rings. The van der Waals surface area contributed by atoms with E-state index in [2.05, 4.69) is 15.3 Å². The summed E-state index contributed by atoms with van der Waals surface area (Å²) < 4.78 is 5.20. The molecule has 13 heavy (non-hydrogen) atoms. The number of ether oxygens (including phenoxy) is 1. The molecule has 1 amide bonds. The standard InChI is InChI=1S/C8H14N2O3/c1-12-9-5-8(11)10-7-3-2-4-13-6-7/h5,7H,2-4,6H2,1H3,(H,10,11)/b9-5+/t7-/m1/s1. The zero-order valence-electron chi connectivity index (χ0n) is 7.66. The molecule has 0 bridgehead atoms. The van der Waals surface area contributed by atoms with E-state index in [9.17, 15) is 4.79 Å². The molecule has 0 spiro atoms. The highest BCUT2D eigenvalue weighted by Crippen LogP contribution is 2.04. The minimum Gasteiger partial charge on any atom is -0.399 e. The van der Waals surface area contributed by atoms with Crippen LogP contribution in [0, 0.1) is 0 Å². The van der Waals surface area contributed by atoms with Crippen molar-refractivity contribution in [3.63, 3.8) is 0 Å². The third-order valence-electron chi connectivity index (χ3n) is 1.78. The SMILES string of the molecule is CO/N=C/C(=O)N[C@@H]1CCCOC1. The normalized spacial score (nSPS) is 23.0. The highest BCUT2D eigenvalue weighted by atomic mass is 16.6. The molecule has 5 heteroatoms. The summed E-state index contributed by atoms with van der Waals surface area (Å²) >= 11 is 0. The van der Waals surface area contributed by atoms with Gasteiger partial charge in [0.15, 0.2) is 0 Å². The number of nitrogens with zero attached hydrogens (tertiary/aromatic N) is 1. The Morgan fingerprint density at radius 3 is 3.23 bits per heavy atom. The zero-order valence-corrected chi connectivity index (χ0v) is 7.66. The summed E-state index contributed by atoms with van der Waals surface area (Å²) in [6, 6.07) is 0.115. The molecule has 0 aromatic carbocycles. The smallest absolute Gasteiger partial charge is 0.266 e. The van der Waals surface area contributed by atoms with Gasteiger partial charge in [-0.25, -0.2) is 0 Å². The Hall–Kier alpha value is -1.10. The fraction of sp³-hybridized carbons (Fsp3) is 0.750. The fourth-order valence-electron chi connectivity index (χ4n) is 1.19. The van der Waals surface area contributed by atoms with Crippen LogP contribution in [0.5, 0.6) is 0 Å². The van der Waals surface area contributed by atoms with Crippen LogP contribution in [0.15, 0.2) is 5.16 Å². The van der Waals surface area contributed by atoms with Gasteiger partial charge >= 0.3 is 0 Å². The predicted molar refractivity (Wildman–Crippen MR) is 47.5 cm³/mol. The average molecular weight is 186 g/mol. The molecule has 0 radical (unpaired) electrons. The maximum Gasteiger partial charge on any atom is 0.266 e. The topological polar surface area (TPSA) is 59.9 Å². The lowest BCUT2D eigenvalue weighted by molar-refractivity contribution is -0.116. The van der Waals surface area contributed by atoms with E-state index in [1.807, 2.05) is 0 Å². The summed E-state index contributed by atoms with van der Waals surface area (Å²) in [5.41, 5.74) is 0. The first-order valence-corrected chi connectivity index (χ1v) is 4.27. The first-order chi connectivity index (χ1) is 6.33. The van der Waals surface area contributed by atoms with E-state index in [0.29, 0.717) is 6.61 Å². The van der Waals surface area contributed by atoms with Crippen molar-refractivity contribution < 1.29 is 14.4 Å². The number of oxime groups is 1. The van der Waals surface area contributed by atoms with Crippen molar-refractivity contribution in [2.45, 2.75) is 18.9 Å². The van der Waals surface area contributed by atoms with Crippen molar-refractivity contribution in [3.05, 3.63) is 0 Å². The van der Waals surface area contributed by atoms with Crippen LogP contribution >= 0.6 is 0 Å². The van der Waals surface area contributed by atoms with Crippen molar-refractivity contribution in [1.82, 2.24) is 5.32 Å². The van der Waals surface area contributed by atoms with Gasteiger partial charge in [-0.3, -0.25) is 4.79 Å². The van der Waals surface area contributed by atoms with Crippen molar-refractivity contribution >= 4 is 12.1 Å². The van der Waals surface area contributed by atoms with Gasteiger partial charge in [-0.1, -0.05) is 5.16 Å². The molecule has 0 aromatic heterocycles. The van der Waals surface area contributed by atoms with Crippen LogP contribution in [0.2, 0.25) is 0 Å². The Morgan fingerprint density at radius 1 is 1.77 bits per heavy atom. The molecular weight excluding hydrogens is 172 g/mol. The molecule has 0 saturated carbocycles. The molecule has 0 aliphatic carbocycles. The van der Waals surface area contributed by atoms with Crippen LogP contribution in [-0.2, 0) is 14.4 Å². The number of hydrogen-bond donors (Lipinski definition) is 1. The molecule has 0 unspecified atom stereocenters. The molecule has 1 saturated heterocycles. The molecule has 5 nitrogen and oxygen atoms in total. The van der Waals surface area contributed by atoms with E-state index in [1.54, 1.807) is 0 Å². The highest BCUT2D eigenvalue weighted by Gasteiger charge is 2.14. The number of carbonyl (C=O) groups is 1. The Morgan fingerprint density at radius 2 is 2.62 bits per heavy atom. The molecule has 1 rings (SSSR count). The third kappa shape index (κ3) is 3.89. The minimum atomic E-state index is -0.239. The zero-order chi connectivity index (χ0) is 9.52. The van der Waals surface area contributed by atoms with E-state index in [-0.39, 0.29) is 11.9 Å².